The topological polar surface area (TPSA) is 72.6 Å². The first-order valence-electron chi connectivity index (χ1n) is 6.56. The second-order valence-electron chi connectivity index (χ2n) is 4.70. The maximum absolute atomic E-state index is 11.9. The van der Waals surface area contributed by atoms with Crippen LogP contribution in [0.25, 0.3) is 0 Å². The highest BCUT2D eigenvalue weighted by Gasteiger charge is 2.29. The van der Waals surface area contributed by atoms with E-state index < -0.39 is 5.97 Å². The highest BCUT2D eigenvalue weighted by molar-refractivity contribution is 6.00. The molecule has 1 aromatic rings. The summed E-state index contributed by atoms with van der Waals surface area (Å²) in [7, 11) is 0. The summed E-state index contributed by atoms with van der Waals surface area (Å²) in [6, 6.07) is 4.85. The Morgan fingerprint density at radius 1 is 1.60 bits per heavy atom. The predicted octanol–water partition coefficient (Wildman–Crippen LogP) is 1.98. The molecular weight excluding hydrogens is 256 g/mol. The fourth-order valence-corrected chi connectivity index (χ4v) is 2.27. The number of benzene rings is 1. The van der Waals surface area contributed by atoms with Gasteiger partial charge in [-0.25, -0.2) is 4.79 Å². The Bertz CT molecular complexity index is 554. The van der Waals surface area contributed by atoms with E-state index in [4.69, 9.17) is 10.5 Å². The second kappa shape index (κ2) is 5.77. The molecule has 2 N–H and O–H groups in total. The first-order chi connectivity index (χ1) is 9.56. The van der Waals surface area contributed by atoms with Crippen molar-refractivity contribution in [2.24, 2.45) is 5.92 Å². The number of nitrogen functional groups attached to an aromatic ring is 1. The van der Waals surface area contributed by atoms with E-state index in [1.54, 1.807) is 36.1 Å². The van der Waals surface area contributed by atoms with Gasteiger partial charge in [0.05, 0.1) is 23.5 Å². The number of carbonyl (C=O) groups excluding carboxylic acids is 2. The van der Waals surface area contributed by atoms with Crippen LogP contribution in [-0.2, 0) is 9.53 Å². The summed E-state index contributed by atoms with van der Waals surface area (Å²) in [5.41, 5.74) is 7.37. The fraction of sp³-hybridized carbons (Fsp3) is 0.333. The highest BCUT2D eigenvalue weighted by atomic mass is 16.5. The van der Waals surface area contributed by atoms with Gasteiger partial charge < -0.3 is 15.4 Å². The standard InChI is InChI=1S/C15H18N2O3/c1-3-10-7-14(18)17(9-10)13-6-5-11(8-12(13)16)15(19)20-4-2/h3,5-6,8,10H,1,4,7,9,16H2,2H3. The Hall–Kier alpha value is -2.30. The number of amides is 1. The van der Waals surface area contributed by atoms with Gasteiger partial charge in [0.15, 0.2) is 0 Å². The van der Waals surface area contributed by atoms with Crippen molar-refractivity contribution < 1.29 is 14.3 Å². The van der Waals surface area contributed by atoms with Crippen LogP contribution in [0.1, 0.15) is 23.7 Å². The molecular formula is C15H18N2O3. The van der Waals surface area contributed by atoms with Crippen molar-refractivity contribution in [3.63, 3.8) is 0 Å². The number of rotatable bonds is 4. The Morgan fingerprint density at radius 2 is 2.35 bits per heavy atom. The van der Waals surface area contributed by atoms with Gasteiger partial charge in [-0.15, -0.1) is 6.58 Å². The quantitative estimate of drug-likeness (QED) is 0.517. The molecule has 0 aliphatic carbocycles. The minimum absolute atomic E-state index is 0.0190. The molecule has 0 bridgehead atoms. The van der Waals surface area contributed by atoms with E-state index in [0.717, 1.165) is 0 Å². The summed E-state index contributed by atoms with van der Waals surface area (Å²) in [4.78, 5) is 25.2. The summed E-state index contributed by atoms with van der Waals surface area (Å²) < 4.78 is 4.92. The van der Waals surface area contributed by atoms with Gasteiger partial charge in [0.1, 0.15) is 0 Å². The number of nitrogens with two attached hydrogens (primary N) is 1. The van der Waals surface area contributed by atoms with Crippen molar-refractivity contribution in [1.29, 1.82) is 0 Å². The van der Waals surface area contributed by atoms with Gasteiger partial charge >= 0.3 is 5.97 Å². The van der Waals surface area contributed by atoms with Crippen LogP contribution in [0.5, 0.6) is 0 Å². The molecule has 1 atom stereocenters. The van der Waals surface area contributed by atoms with Gasteiger partial charge in [0.25, 0.3) is 0 Å². The van der Waals surface area contributed by atoms with Gasteiger partial charge in [-0.1, -0.05) is 6.08 Å². The van der Waals surface area contributed by atoms with Gasteiger partial charge in [0, 0.05) is 18.9 Å². The zero-order valence-electron chi connectivity index (χ0n) is 11.5. The van der Waals surface area contributed by atoms with E-state index in [0.29, 0.717) is 36.5 Å². The van der Waals surface area contributed by atoms with E-state index in [1.165, 1.54) is 0 Å². The lowest BCUT2D eigenvalue weighted by Gasteiger charge is -2.18. The van der Waals surface area contributed by atoms with Crippen LogP contribution in [0.3, 0.4) is 0 Å². The van der Waals surface area contributed by atoms with Crippen molar-refractivity contribution >= 4 is 23.3 Å². The third-order valence-corrected chi connectivity index (χ3v) is 3.32. The second-order valence-corrected chi connectivity index (χ2v) is 4.70. The van der Waals surface area contributed by atoms with Crippen LogP contribution in [0.15, 0.2) is 30.9 Å². The fourth-order valence-electron chi connectivity index (χ4n) is 2.27. The third-order valence-electron chi connectivity index (χ3n) is 3.32. The molecule has 1 saturated heterocycles. The van der Waals surface area contributed by atoms with Crippen LogP contribution in [0.2, 0.25) is 0 Å². The molecule has 0 saturated carbocycles. The maximum atomic E-state index is 11.9. The van der Waals surface area contributed by atoms with Crippen molar-refractivity contribution in [3.8, 4) is 0 Å². The van der Waals surface area contributed by atoms with E-state index >= 15 is 0 Å². The van der Waals surface area contributed by atoms with E-state index in [1.807, 2.05) is 0 Å². The van der Waals surface area contributed by atoms with Crippen LogP contribution in [0.4, 0.5) is 11.4 Å². The maximum Gasteiger partial charge on any atom is 0.338 e. The predicted molar refractivity (Wildman–Crippen MR) is 77.5 cm³/mol. The lowest BCUT2D eigenvalue weighted by molar-refractivity contribution is -0.117. The number of esters is 1. The van der Waals surface area contributed by atoms with E-state index in [9.17, 15) is 9.59 Å². The van der Waals surface area contributed by atoms with Gasteiger partial charge in [0.2, 0.25) is 5.91 Å². The van der Waals surface area contributed by atoms with Gasteiger partial charge in [-0.3, -0.25) is 4.79 Å². The average molecular weight is 274 g/mol. The largest absolute Gasteiger partial charge is 0.462 e. The van der Waals surface area contributed by atoms with E-state index in [-0.39, 0.29) is 11.8 Å². The number of anilines is 2. The minimum atomic E-state index is -0.414. The van der Waals surface area contributed by atoms with E-state index in [2.05, 4.69) is 6.58 Å². The van der Waals surface area contributed by atoms with Gasteiger partial charge in [-0.2, -0.15) is 0 Å². The molecule has 1 aromatic carbocycles. The van der Waals surface area contributed by atoms with Crippen molar-refractivity contribution in [1.82, 2.24) is 0 Å². The minimum Gasteiger partial charge on any atom is -0.462 e. The molecule has 5 heteroatoms. The molecule has 5 nitrogen and oxygen atoms in total. The van der Waals surface area contributed by atoms with Crippen molar-refractivity contribution in [2.45, 2.75) is 13.3 Å². The molecule has 1 heterocycles. The molecule has 0 radical (unpaired) electrons. The Morgan fingerprint density at radius 3 is 2.90 bits per heavy atom. The van der Waals surface area contributed by atoms with Gasteiger partial charge in [-0.05, 0) is 25.1 Å². The summed E-state index contributed by atoms with van der Waals surface area (Å²) in [6.45, 7) is 6.34. The van der Waals surface area contributed by atoms with Crippen molar-refractivity contribution in [3.05, 3.63) is 36.4 Å². The summed E-state index contributed by atoms with van der Waals surface area (Å²) >= 11 is 0. The number of hydrogen-bond donors (Lipinski definition) is 1. The molecule has 1 unspecified atom stereocenters. The molecule has 1 aliphatic heterocycles. The molecule has 2 rings (SSSR count). The molecule has 1 aliphatic rings. The number of nitrogens with zero attached hydrogens (tertiary/aromatic N) is 1. The van der Waals surface area contributed by atoms with Crippen LogP contribution in [0, 0.1) is 5.92 Å². The smallest absolute Gasteiger partial charge is 0.338 e. The number of hydrogen-bond acceptors (Lipinski definition) is 4. The number of ether oxygens (including phenoxy) is 1. The lowest BCUT2D eigenvalue weighted by Crippen LogP contribution is -2.25. The first-order valence-corrected chi connectivity index (χ1v) is 6.56. The zero-order chi connectivity index (χ0) is 14.7. The number of carbonyl (C=O) groups is 2. The van der Waals surface area contributed by atoms with Crippen LogP contribution in [-0.4, -0.2) is 25.0 Å². The van der Waals surface area contributed by atoms with Crippen molar-refractivity contribution in [2.75, 3.05) is 23.8 Å². The Labute approximate surface area is 118 Å². The normalized spacial score (nSPS) is 18.1. The summed E-state index contributed by atoms with van der Waals surface area (Å²) in [6.07, 6.45) is 2.23. The molecule has 0 spiro atoms. The first kappa shape index (κ1) is 14.1. The molecule has 106 valence electrons. The molecule has 20 heavy (non-hydrogen) atoms. The SMILES string of the molecule is C=CC1CC(=O)N(c2ccc(C(=O)OCC)cc2N)C1. The molecule has 1 amide bonds. The molecule has 1 fully saturated rings. The lowest BCUT2D eigenvalue weighted by atomic mass is 10.1. The summed E-state index contributed by atoms with van der Waals surface area (Å²) in [5.74, 6) is -0.250. The van der Waals surface area contributed by atoms with Crippen LogP contribution < -0.4 is 10.6 Å². The highest BCUT2D eigenvalue weighted by Crippen LogP contribution is 2.30. The third kappa shape index (κ3) is 2.66. The zero-order valence-corrected chi connectivity index (χ0v) is 11.5. The monoisotopic (exact) mass is 274 g/mol. The summed E-state index contributed by atoms with van der Waals surface area (Å²) in [5, 5.41) is 0. The molecule has 0 aromatic heterocycles. The van der Waals surface area contributed by atoms with Crippen LogP contribution >= 0.6 is 0 Å². The average Bonchev–Trinajstić information content (AvgIpc) is 2.80. The Kier molecular flexibility index (Phi) is 4.08. The Balaban J connectivity index is 2.24.